The van der Waals surface area contributed by atoms with Gasteiger partial charge < -0.3 is 10.2 Å². The van der Waals surface area contributed by atoms with Crippen molar-refractivity contribution in [1.29, 1.82) is 0 Å². The monoisotopic (exact) mass is 224 g/mol. The van der Waals surface area contributed by atoms with E-state index in [0.717, 1.165) is 18.4 Å². The molecule has 1 N–H and O–H groups in total. The average Bonchev–Trinajstić information content (AvgIpc) is 2.78. The van der Waals surface area contributed by atoms with Crippen molar-refractivity contribution < 1.29 is 0 Å². The highest BCUT2D eigenvalue weighted by Gasteiger charge is 2.38. The molecule has 0 aromatic rings. The summed E-state index contributed by atoms with van der Waals surface area (Å²) in [5, 5.41) is 3.36. The topological polar surface area (TPSA) is 15.3 Å². The highest BCUT2D eigenvalue weighted by atomic mass is 15.2. The minimum atomic E-state index is 0.466. The third-order valence-electron chi connectivity index (χ3n) is 4.86. The molecule has 2 nitrogen and oxygen atoms in total. The van der Waals surface area contributed by atoms with Gasteiger partial charge in [0.1, 0.15) is 0 Å². The summed E-state index contributed by atoms with van der Waals surface area (Å²) >= 11 is 0. The minimum absolute atomic E-state index is 0.466. The van der Waals surface area contributed by atoms with Crippen LogP contribution in [0, 0.1) is 17.3 Å². The van der Waals surface area contributed by atoms with Crippen molar-refractivity contribution in [3.8, 4) is 0 Å². The Hall–Kier alpha value is -0.0800. The van der Waals surface area contributed by atoms with Crippen LogP contribution in [-0.4, -0.2) is 38.1 Å². The fourth-order valence-electron chi connectivity index (χ4n) is 3.72. The van der Waals surface area contributed by atoms with Crippen molar-refractivity contribution in [1.82, 2.24) is 10.2 Å². The van der Waals surface area contributed by atoms with E-state index in [0.29, 0.717) is 5.41 Å². The lowest BCUT2D eigenvalue weighted by atomic mass is 9.87. The number of fused-ring (bicyclic) bond motifs is 1. The molecule has 0 aromatic carbocycles. The van der Waals surface area contributed by atoms with E-state index in [2.05, 4.69) is 31.1 Å². The van der Waals surface area contributed by atoms with Crippen LogP contribution in [0.3, 0.4) is 0 Å². The van der Waals surface area contributed by atoms with E-state index in [1.54, 1.807) is 0 Å². The van der Waals surface area contributed by atoms with Gasteiger partial charge in [0.2, 0.25) is 0 Å². The average molecular weight is 224 g/mol. The molecular weight excluding hydrogens is 196 g/mol. The van der Waals surface area contributed by atoms with Crippen molar-refractivity contribution in [2.24, 2.45) is 17.3 Å². The van der Waals surface area contributed by atoms with E-state index >= 15 is 0 Å². The lowest BCUT2D eigenvalue weighted by Gasteiger charge is -2.33. The van der Waals surface area contributed by atoms with Crippen LogP contribution >= 0.6 is 0 Å². The Bertz CT molecular complexity index is 217. The number of hydrogen-bond donors (Lipinski definition) is 1. The summed E-state index contributed by atoms with van der Waals surface area (Å²) in [5.41, 5.74) is 0.466. The van der Waals surface area contributed by atoms with Gasteiger partial charge in [-0.3, -0.25) is 0 Å². The van der Waals surface area contributed by atoms with Gasteiger partial charge in [-0.05, 0) is 43.6 Å². The molecule has 0 spiro atoms. The number of nitrogens with zero attached hydrogens (tertiary/aromatic N) is 1. The maximum atomic E-state index is 3.36. The van der Waals surface area contributed by atoms with Gasteiger partial charge in [-0.2, -0.15) is 0 Å². The second-order valence-corrected chi connectivity index (χ2v) is 6.34. The first kappa shape index (κ1) is 12.4. The predicted octanol–water partition coefficient (Wildman–Crippen LogP) is 2.35. The Balaban J connectivity index is 1.85. The number of nitrogens with one attached hydrogen (secondary N) is 1. The first-order chi connectivity index (χ1) is 7.67. The third kappa shape index (κ3) is 2.60. The Morgan fingerprint density at radius 2 is 1.88 bits per heavy atom. The molecule has 2 rings (SSSR count). The summed E-state index contributed by atoms with van der Waals surface area (Å²) in [6.07, 6.45) is 5.76. The predicted molar refractivity (Wildman–Crippen MR) is 69.6 cm³/mol. The van der Waals surface area contributed by atoms with Crippen molar-refractivity contribution >= 4 is 0 Å². The van der Waals surface area contributed by atoms with Crippen molar-refractivity contribution in [3.63, 3.8) is 0 Å². The van der Waals surface area contributed by atoms with E-state index in [-0.39, 0.29) is 0 Å². The molecule has 0 bridgehead atoms. The summed E-state index contributed by atoms with van der Waals surface area (Å²) in [6.45, 7) is 9.95. The van der Waals surface area contributed by atoms with Crippen molar-refractivity contribution in [2.75, 3.05) is 33.2 Å². The molecule has 2 aliphatic rings. The van der Waals surface area contributed by atoms with Crippen LogP contribution in [0.5, 0.6) is 0 Å². The molecule has 3 unspecified atom stereocenters. The molecule has 2 heteroatoms. The van der Waals surface area contributed by atoms with Crippen molar-refractivity contribution in [3.05, 3.63) is 0 Å². The Morgan fingerprint density at radius 3 is 2.38 bits per heavy atom. The maximum absolute atomic E-state index is 3.36. The molecule has 1 saturated carbocycles. The summed E-state index contributed by atoms with van der Waals surface area (Å²) in [4.78, 5) is 2.73. The molecule has 3 atom stereocenters. The van der Waals surface area contributed by atoms with Crippen LogP contribution in [0.4, 0.5) is 0 Å². The number of hydrogen-bond acceptors (Lipinski definition) is 2. The summed E-state index contributed by atoms with van der Waals surface area (Å²) in [6, 6.07) is 0. The first-order valence-electron chi connectivity index (χ1n) is 7.04. The van der Waals surface area contributed by atoms with Gasteiger partial charge in [0.05, 0.1) is 0 Å². The zero-order valence-corrected chi connectivity index (χ0v) is 11.3. The van der Waals surface area contributed by atoms with Crippen LogP contribution in [0.25, 0.3) is 0 Å². The van der Waals surface area contributed by atoms with Gasteiger partial charge in [0, 0.05) is 26.2 Å². The third-order valence-corrected chi connectivity index (χ3v) is 4.86. The van der Waals surface area contributed by atoms with Crippen molar-refractivity contribution in [2.45, 2.75) is 39.5 Å². The van der Waals surface area contributed by atoms with Crippen LogP contribution in [-0.2, 0) is 0 Å². The quantitative estimate of drug-likeness (QED) is 0.771. The zero-order valence-electron chi connectivity index (χ0n) is 11.3. The SMILES string of the molecule is CCC(C)(CNC)CN1CC2CCCC2C1. The molecule has 1 saturated heterocycles. The molecule has 16 heavy (non-hydrogen) atoms. The lowest BCUT2D eigenvalue weighted by molar-refractivity contribution is 0.173. The summed E-state index contributed by atoms with van der Waals surface area (Å²) in [7, 11) is 2.08. The second kappa shape index (κ2) is 5.05. The number of rotatable bonds is 5. The highest BCUT2D eigenvalue weighted by Crippen LogP contribution is 2.38. The van der Waals surface area contributed by atoms with Gasteiger partial charge in [0.15, 0.2) is 0 Å². The smallest absolute Gasteiger partial charge is 0.00476 e. The van der Waals surface area contributed by atoms with E-state index in [1.807, 2.05) is 0 Å². The van der Waals surface area contributed by atoms with Crippen LogP contribution in [0.1, 0.15) is 39.5 Å². The molecule has 0 radical (unpaired) electrons. The Kier molecular flexibility index (Phi) is 3.91. The van der Waals surface area contributed by atoms with Gasteiger partial charge in [-0.15, -0.1) is 0 Å². The Morgan fingerprint density at radius 1 is 1.25 bits per heavy atom. The maximum Gasteiger partial charge on any atom is 0.00476 e. The normalized spacial score (nSPS) is 33.9. The van der Waals surface area contributed by atoms with Crippen LogP contribution < -0.4 is 5.32 Å². The van der Waals surface area contributed by atoms with E-state index in [9.17, 15) is 0 Å². The van der Waals surface area contributed by atoms with E-state index < -0.39 is 0 Å². The molecule has 94 valence electrons. The minimum Gasteiger partial charge on any atom is -0.319 e. The molecular formula is C14H28N2. The molecule has 1 aliphatic heterocycles. The zero-order chi connectivity index (χ0) is 11.6. The second-order valence-electron chi connectivity index (χ2n) is 6.34. The number of likely N-dealkylation sites (tertiary alicyclic amines) is 1. The standard InChI is InChI=1S/C14H28N2/c1-4-14(2,10-15-3)11-16-8-12-6-5-7-13(12)9-16/h12-13,15H,4-11H2,1-3H3. The van der Waals surface area contributed by atoms with Gasteiger partial charge in [-0.1, -0.05) is 20.3 Å². The molecule has 1 aliphatic carbocycles. The summed E-state index contributed by atoms with van der Waals surface area (Å²) in [5.74, 6) is 2.08. The lowest BCUT2D eigenvalue weighted by Crippen LogP contribution is -2.40. The highest BCUT2D eigenvalue weighted by molar-refractivity contribution is 4.91. The van der Waals surface area contributed by atoms with Gasteiger partial charge >= 0.3 is 0 Å². The van der Waals surface area contributed by atoms with E-state index in [4.69, 9.17) is 0 Å². The van der Waals surface area contributed by atoms with Gasteiger partial charge in [-0.25, -0.2) is 0 Å². The Labute approximate surface area is 101 Å². The molecule has 0 amide bonds. The van der Waals surface area contributed by atoms with E-state index in [1.165, 1.54) is 45.3 Å². The largest absolute Gasteiger partial charge is 0.319 e. The fraction of sp³-hybridized carbons (Fsp3) is 1.00. The van der Waals surface area contributed by atoms with Crippen LogP contribution in [0.2, 0.25) is 0 Å². The molecule has 1 heterocycles. The summed E-state index contributed by atoms with van der Waals surface area (Å²) < 4.78 is 0. The molecule has 0 aromatic heterocycles. The fourth-order valence-corrected chi connectivity index (χ4v) is 3.72. The van der Waals surface area contributed by atoms with Gasteiger partial charge in [0.25, 0.3) is 0 Å². The first-order valence-corrected chi connectivity index (χ1v) is 7.04. The molecule has 2 fully saturated rings. The van der Waals surface area contributed by atoms with Crippen LogP contribution in [0.15, 0.2) is 0 Å².